The molecule has 9 nitrogen and oxygen atoms in total. The first-order valence-corrected chi connectivity index (χ1v) is 12.0. The molecular formula is C26H34N8O. The van der Waals surface area contributed by atoms with E-state index >= 15 is 0 Å². The van der Waals surface area contributed by atoms with Crippen molar-refractivity contribution in [2.45, 2.75) is 33.2 Å². The summed E-state index contributed by atoms with van der Waals surface area (Å²) < 4.78 is 0. The summed E-state index contributed by atoms with van der Waals surface area (Å²) in [5.74, 6) is 1.19. The number of nitrogens with zero attached hydrogens (tertiary/aromatic N) is 5. The lowest BCUT2D eigenvalue weighted by atomic mass is 10.00. The van der Waals surface area contributed by atoms with E-state index in [2.05, 4.69) is 70.2 Å². The van der Waals surface area contributed by atoms with E-state index in [1.165, 1.54) is 6.08 Å². The zero-order chi connectivity index (χ0) is 25.1. The molecule has 0 spiro atoms. The quantitative estimate of drug-likeness (QED) is 0.446. The molecule has 1 saturated heterocycles. The van der Waals surface area contributed by atoms with Crippen molar-refractivity contribution in [3.05, 3.63) is 52.7 Å². The molecule has 3 heterocycles. The summed E-state index contributed by atoms with van der Waals surface area (Å²) in [6.45, 7) is 9.86. The number of pyridine rings is 1. The molecule has 0 aliphatic carbocycles. The standard InChI is InChI=1S/C26H34N8O/c1-5-21(30-24-19(9-10-22(27)35)17(3)29-26(28)32-24)20-15-18-8-6-7-16(2)23(18)31-25(20)34-13-11-33(4)12-14-34/h6-10,15,21H,5,11-14H2,1-4H3,(H2,27,35)(H3,28,29,30,32)/b10-9+. The number of aromatic nitrogens is 3. The van der Waals surface area contributed by atoms with Gasteiger partial charge in [0.05, 0.1) is 17.3 Å². The fourth-order valence-electron chi connectivity index (χ4n) is 4.52. The predicted octanol–water partition coefficient (Wildman–Crippen LogP) is 3.04. The number of nitrogens with one attached hydrogen (secondary N) is 1. The number of anilines is 3. The van der Waals surface area contributed by atoms with E-state index in [1.54, 1.807) is 6.08 Å². The van der Waals surface area contributed by atoms with Crippen LogP contribution in [-0.2, 0) is 4.79 Å². The van der Waals surface area contributed by atoms with Gasteiger partial charge in [-0.3, -0.25) is 4.79 Å². The zero-order valence-electron chi connectivity index (χ0n) is 20.9. The van der Waals surface area contributed by atoms with Crippen molar-refractivity contribution in [2.75, 3.05) is 49.2 Å². The van der Waals surface area contributed by atoms with Crippen LogP contribution in [-0.4, -0.2) is 59.0 Å². The van der Waals surface area contributed by atoms with Crippen LogP contribution >= 0.6 is 0 Å². The van der Waals surface area contributed by atoms with Gasteiger partial charge in [-0.15, -0.1) is 0 Å². The van der Waals surface area contributed by atoms with Gasteiger partial charge in [-0.05, 0) is 45.0 Å². The Hall–Kier alpha value is -3.72. The van der Waals surface area contributed by atoms with E-state index in [4.69, 9.17) is 16.5 Å². The van der Waals surface area contributed by atoms with Crippen LogP contribution in [0.1, 0.15) is 41.8 Å². The van der Waals surface area contributed by atoms with Crippen LogP contribution in [0.25, 0.3) is 17.0 Å². The minimum atomic E-state index is -0.536. The molecule has 1 unspecified atom stereocenters. The van der Waals surface area contributed by atoms with Crippen LogP contribution in [0.4, 0.5) is 17.6 Å². The number of carbonyl (C=O) groups is 1. The van der Waals surface area contributed by atoms with Crippen LogP contribution < -0.4 is 21.7 Å². The van der Waals surface area contributed by atoms with Gasteiger partial charge in [-0.1, -0.05) is 25.1 Å². The SMILES string of the molecule is CCC(Nc1nc(N)nc(C)c1/C=C/C(N)=O)c1cc2cccc(C)c2nc1N1CCN(C)CC1. The number of aryl methyl sites for hydroxylation is 2. The number of amides is 1. The number of para-hydroxylation sites is 1. The van der Waals surface area contributed by atoms with Crippen molar-refractivity contribution < 1.29 is 4.79 Å². The molecule has 3 aromatic rings. The number of nitrogens with two attached hydrogens (primary N) is 2. The fourth-order valence-corrected chi connectivity index (χ4v) is 4.52. The first-order chi connectivity index (χ1) is 16.8. The smallest absolute Gasteiger partial charge is 0.241 e. The molecule has 5 N–H and O–H groups in total. The lowest BCUT2D eigenvalue weighted by molar-refractivity contribution is -0.113. The topological polar surface area (TPSA) is 126 Å². The van der Waals surface area contributed by atoms with Gasteiger partial charge in [0, 0.05) is 48.8 Å². The van der Waals surface area contributed by atoms with Gasteiger partial charge in [0.25, 0.3) is 0 Å². The molecule has 0 bridgehead atoms. The summed E-state index contributed by atoms with van der Waals surface area (Å²) in [7, 11) is 2.15. The average molecular weight is 475 g/mol. The molecule has 2 aromatic heterocycles. The highest BCUT2D eigenvalue weighted by atomic mass is 16.1. The van der Waals surface area contributed by atoms with Gasteiger partial charge in [-0.2, -0.15) is 4.98 Å². The number of likely N-dealkylation sites (N-methyl/N-ethyl adjacent to an activating group) is 1. The molecule has 4 rings (SSSR count). The number of rotatable bonds is 7. The van der Waals surface area contributed by atoms with Gasteiger partial charge in [0.15, 0.2) is 0 Å². The lowest BCUT2D eigenvalue weighted by Crippen LogP contribution is -2.45. The average Bonchev–Trinajstić information content (AvgIpc) is 2.82. The predicted molar refractivity (Wildman–Crippen MR) is 142 cm³/mol. The molecule has 1 aromatic carbocycles. The number of hydrogen-bond donors (Lipinski definition) is 3. The second-order valence-corrected chi connectivity index (χ2v) is 9.11. The molecule has 1 amide bonds. The molecule has 1 atom stereocenters. The van der Waals surface area contributed by atoms with Crippen LogP contribution in [0.15, 0.2) is 30.3 Å². The number of carbonyl (C=O) groups excluding carboxylic acids is 1. The van der Waals surface area contributed by atoms with E-state index in [0.29, 0.717) is 17.1 Å². The lowest BCUT2D eigenvalue weighted by Gasteiger charge is -2.35. The van der Waals surface area contributed by atoms with E-state index in [9.17, 15) is 4.79 Å². The van der Waals surface area contributed by atoms with Crippen molar-refractivity contribution in [2.24, 2.45) is 5.73 Å². The molecule has 35 heavy (non-hydrogen) atoms. The number of hydrogen-bond acceptors (Lipinski definition) is 8. The second-order valence-electron chi connectivity index (χ2n) is 9.11. The number of piperazine rings is 1. The number of nitrogen functional groups attached to an aromatic ring is 1. The fraction of sp³-hybridized carbons (Fsp3) is 0.385. The summed E-state index contributed by atoms with van der Waals surface area (Å²) in [4.78, 5) is 30.0. The maximum Gasteiger partial charge on any atom is 0.241 e. The molecule has 0 saturated carbocycles. The normalized spacial score (nSPS) is 15.6. The molecule has 0 radical (unpaired) electrons. The molecule has 1 aliphatic rings. The number of primary amides is 1. The Kier molecular flexibility index (Phi) is 7.16. The van der Waals surface area contributed by atoms with Gasteiger partial charge in [0.2, 0.25) is 11.9 Å². The number of fused-ring (bicyclic) bond motifs is 1. The van der Waals surface area contributed by atoms with Crippen molar-refractivity contribution in [3.8, 4) is 0 Å². The van der Waals surface area contributed by atoms with Gasteiger partial charge in [0.1, 0.15) is 11.6 Å². The summed E-state index contributed by atoms with van der Waals surface area (Å²) in [6, 6.07) is 8.42. The molecule has 184 valence electrons. The summed E-state index contributed by atoms with van der Waals surface area (Å²) >= 11 is 0. The molecule has 9 heteroatoms. The largest absolute Gasteiger partial charge is 0.368 e. The molecule has 1 fully saturated rings. The van der Waals surface area contributed by atoms with Gasteiger partial charge < -0.3 is 26.6 Å². The Labute approximate surface area is 206 Å². The Balaban J connectivity index is 1.81. The number of benzene rings is 1. The first kappa shape index (κ1) is 24.4. The van der Waals surface area contributed by atoms with Gasteiger partial charge >= 0.3 is 0 Å². The van der Waals surface area contributed by atoms with Crippen LogP contribution in [0.5, 0.6) is 0 Å². The summed E-state index contributed by atoms with van der Waals surface area (Å²) in [5, 5.41) is 4.68. The van der Waals surface area contributed by atoms with Crippen LogP contribution in [0.2, 0.25) is 0 Å². The van der Waals surface area contributed by atoms with E-state index in [1.807, 2.05) is 6.92 Å². The minimum Gasteiger partial charge on any atom is -0.368 e. The maximum atomic E-state index is 11.4. The molecular weight excluding hydrogens is 440 g/mol. The third-order valence-electron chi connectivity index (χ3n) is 6.52. The first-order valence-electron chi connectivity index (χ1n) is 12.0. The summed E-state index contributed by atoms with van der Waals surface area (Å²) in [6.07, 6.45) is 3.74. The Bertz CT molecular complexity index is 1260. The zero-order valence-corrected chi connectivity index (χ0v) is 20.9. The molecule has 1 aliphatic heterocycles. The Morgan fingerprint density at radius 1 is 1.17 bits per heavy atom. The van der Waals surface area contributed by atoms with Crippen molar-refractivity contribution in [1.29, 1.82) is 0 Å². The van der Waals surface area contributed by atoms with E-state index < -0.39 is 5.91 Å². The minimum absolute atomic E-state index is 0.0866. The maximum absolute atomic E-state index is 11.4. The third kappa shape index (κ3) is 5.35. The van der Waals surface area contributed by atoms with Crippen molar-refractivity contribution >= 4 is 40.5 Å². The second kappa shape index (κ2) is 10.3. The Morgan fingerprint density at radius 3 is 2.60 bits per heavy atom. The highest BCUT2D eigenvalue weighted by Gasteiger charge is 2.24. The monoisotopic (exact) mass is 474 g/mol. The van der Waals surface area contributed by atoms with Crippen LogP contribution in [0.3, 0.4) is 0 Å². The Morgan fingerprint density at radius 2 is 1.91 bits per heavy atom. The summed E-state index contributed by atoms with van der Waals surface area (Å²) in [5.41, 5.74) is 16.0. The third-order valence-corrected chi connectivity index (χ3v) is 6.52. The van der Waals surface area contributed by atoms with E-state index in [-0.39, 0.29) is 12.0 Å². The highest BCUT2D eigenvalue weighted by Crippen LogP contribution is 2.34. The van der Waals surface area contributed by atoms with Gasteiger partial charge in [-0.25, -0.2) is 9.97 Å². The van der Waals surface area contributed by atoms with E-state index in [0.717, 1.165) is 60.4 Å². The highest BCUT2D eigenvalue weighted by molar-refractivity contribution is 5.91. The van der Waals surface area contributed by atoms with Crippen LogP contribution in [0, 0.1) is 13.8 Å². The van der Waals surface area contributed by atoms with Crippen molar-refractivity contribution in [3.63, 3.8) is 0 Å². The van der Waals surface area contributed by atoms with Crippen molar-refractivity contribution in [1.82, 2.24) is 19.9 Å².